The van der Waals surface area contributed by atoms with Crippen LogP contribution in [0.4, 0.5) is 0 Å². The molecule has 0 radical (unpaired) electrons. The molecule has 0 saturated heterocycles. The van der Waals surface area contributed by atoms with E-state index in [9.17, 15) is 9.90 Å². The molecule has 4 aliphatic carbocycles. The van der Waals surface area contributed by atoms with Crippen molar-refractivity contribution in [3.63, 3.8) is 0 Å². The third-order valence-electron chi connectivity index (χ3n) is 10.0. The van der Waals surface area contributed by atoms with Crippen LogP contribution in [0.5, 0.6) is 0 Å². The molecule has 5 heteroatoms. The molecule has 154 valence electrons. The van der Waals surface area contributed by atoms with Gasteiger partial charge in [0.25, 0.3) is 0 Å². The summed E-state index contributed by atoms with van der Waals surface area (Å²) in [5.41, 5.74) is 1.82. The number of cyclic esters (lactones) is 1. The average Bonchev–Trinajstić information content (AvgIpc) is 3.21. The van der Waals surface area contributed by atoms with Gasteiger partial charge >= 0.3 is 5.97 Å². The van der Waals surface area contributed by atoms with Crippen LogP contribution in [0.2, 0.25) is 0 Å². The Kier molecular flexibility index (Phi) is 4.04. The first-order valence-electron chi connectivity index (χ1n) is 11.2. The van der Waals surface area contributed by atoms with Crippen LogP contribution in [-0.4, -0.2) is 29.0 Å². The van der Waals surface area contributed by atoms with Crippen LogP contribution >= 0.6 is 0 Å². The monoisotopic (exact) mass is 386 g/mol. The number of hydrogen-bond donors (Lipinski definition) is 2. The Labute approximate surface area is 167 Å². The molecule has 0 aromatic carbocycles. The molecule has 7 atom stereocenters. The van der Waals surface area contributed by atoms with E-state index in [1.165, 1.54) is 18.6 Å². The van der Waals surface area contributed by atoms with E-state index in [1.807, 2.05) is 0 Å². The van der Waals surface area contributed by atoms with Gasteiger partial charge in [0.2, 0.25) is 0 Å². The summed E-state index contributed by atoms with van der Waals surface area (Å²) in [6.45, 7) is 5.19. The van der Waals surface area contributed by atoms with Crippen molar-refractivity contribution < 1.29 is 14.6 Å². The zero-order chi connectivity index (χ0) is 19.7. The van der Waals surface area contributed by atoms with Crippen molar-refractivity contribution in [1.29, 1.82) is 0 Å². The molecule has 0 bridgehead atoms. The smallest absolute Gasteiger partial charge is 0.331 e. The van der Waals surface area contributed by atoms with E-state index in [0.717, 1.165) is 50.5 Å². The molecule has 1 aliphatic heterocycles. The third-order valence-corrected chi connectivity index (χ3v) is 10.0. The van der Waals surface area contributed by atoms with E-state index >= 15 is 0 Å². The average molecular weight is 387 g/mol. The summed E-state index contributed by atoms with van der Waals surface area (Å²) in [4.78, 5) is 11.7. The molecular formula is C23H34N2O3. The number of fused-ring (bicyclic) bond motifs is 5. The summed E-state index contributed by atoms with van der Waals surface area (Å²) in [6, 6.07) is 0. The number of hydrazone groups is 1. The van der Waals surface area contributed by atoms with E-state index in [1.54, 1.807) is 6.08 Å². The second kappa shape index (κ2) is 6.07. The number of hydrogen-bond acceptors (Lipinski definition) is 5. The first-order chi connectivity index (χ1) is 13.3. The molecule has 1 heterocycles. The lowest BCUT2D eigenvalue weighted by Crippen LogP contribution is -2.62. The third kappa shape index (κ3) is 2.28. The van der Waals surface area contributed by atoms with Crippen molar-refractivity contribution in [3.8, 4) is 0 Å². The van der Waals surface area contributed by atoms with Gasteiger partial charge in [0.05, 0.1) is 5.60 Å². The summed E-state index contributed by atoms with van der Waals surface area (Å²) < 4.78 is 5.21. The summed E-state index contributed by atoms with van der Waals surface area (Å²) in [6.07, 6.45) is 11.2. The van der Waals surface area contributed by atoms with Crippen molar-refractivity contribution >= 4 is 11.7 Å². The number of aliphatic hydroxyl groups is 1. The van der Waals surface area contributed by atoms with E-state index in [0.29, 0.717) is 24.4 Å². The van der Waals surface area contributed by atoms with Gasteiger partial charge in [0.1, 0.15) is 6.61 Å². The molecular weight excluding hydrogens is 352 g/mol. The molecule has 4 fully saturated rings. The van der Waals surface area contributed by atoms with E-state index in [-0.39, 0.29) is 22.7 Å². The van der Waals surface area contributed by atoms with E-state index in [2.05, 4.69) is 18.9 Å². The maximum Gasteiger partial charge on any atom is 0.331 e. The number of ether oxygens (including phenoxy) is 1. The Morgan fingerprint density at radius 3 is 2.68 bits per heavy atom. The zero-order valence-electron chi connectivity index (χ0n) is 17.2. The second-order valence-electron chi connectivity index (χ2n) is 10.7. The fourth-order valence-electron chi connectivity index (χ4n) is 8.33. The van der Waals surface area contributed by atoms with Crippen LogP contribution in [0.1, 0.15) is 71.6 Å². The Balaban J connectivity index is 1.46. The van der Waals surface area contributed by atoms with Crippen LogP contribution in [0.3, 0.4) is 0 Å². The molecule has 0 unspecified atom stereocenters. The highest BCUT2D eigenvalue weighted by Gasteiger charge is 2.67. The first kappa shape index (κ1) is 18.7. The lowest BCUT2D eigenvalue weighted by atomic mass is 9.43. The van der Waals surface area contributed by atoms with Gasteiger partial charge in [-0.1, -0.05) is 13.8 Å². The second-order valence-corrected chi connectivity index (χ2v) is 10.7. The van der Waals surface area contributed by atoms with Crippen molar-refractivity contribution in [1.82, 2.24) is 0 Å². The highest BCUT2D eigenvalue weighted by atomic mass is 16.5. The molecule has 0 aromatic rings. The SMILES string of the molecule is C[C@]12CC/C(=N\N)C[C@H]1CC[C@@H]1[C@@H]2CC[C@]2(C)[C@@H](C3=CC(=O)OC3)CC[C@]12O. The molecule has 0 amide bonds. The standard InChI is InChI=1S/C23H34N2O3/c1-21-8-5-16(25-24)12-15(21)3-4-19-18(21)6-9-22(2)17(7-10-23(19,22)27)14-11-20(26)28-13-14/h11,15,17-19,27H,3-10,12-13,24H2,1-2H3/b25-16+/t15-,17-,18+,19-,21+,22-,23+/m1/s1. The van der Waals surface area contributed by atoms with Gasteiger partial charge in [0.15, 0.2) is 0 Å². The minimum atomic E-state index is -0.622. The molecule has 5 rings (SSSR count). The van der Waals surface area contributed by atoms with E-state index in [4.69, 9.17) is 10.6 Å². The topological polar surface area (TPSA) is 84.9 Å². The van der Waals surface area contributed by atoms with Gasteiger partial charge in [-0.15, -0.1) is 0 Å². The van der Waals surface area contributed by atoms with Gasteiger partial charge < -0.3 is 15.7 Å². The number of carbonyl (C=O) groups excluding carboxylic acids is 1. The Morgan fingerprint density at radius 1 is 1.14 bits per heavy atom. The van der Waals surface area contributed by atoms with Crippen LogP contribution in [-0.2, 0) is 9.53 Å². The number of esters is 1. The van der Waals surface area contributed by atoms with Crippen molar-refractivity contribution in [2.24, 2.45) is 45.4 Å². The molecule has 3 N–H and O–H groups in total. The molecule has 4 saturated carbocycles. The normalized spacial score (nSPS) is 51.9. The van der Waals surface area contributed by atoms with Crippen LogP contribution in [0.15, 0.2) is 16.8 Å². The minimum Gasteiger partial charge on any atom is -0.458 e. The Bertz CT molecular complexity index is 761. The minimum absolute atomic E-state index is 0.143. The molecule has 28 heavy (non-hydrogen) atoms. The highest BCUT2D eigenvalue weighted by Crippen LogP contribution is 2.69. The van der Waals surface area contributed by atoms with Crippen molar-refractivity contribution in [2.75, 3.05) is 6.61 Å². The Morgan fingerprint density at radius 2 is 1.96 bits per heavy atom. The quantitative estimate of drug-likeness (QED) is 0.410. The molecule has 5 aliphatic rings. The van der Waals surface area contributed by atoms with Crippen LogP contribution in [0.25, 0.3) is 0 Å². The maximum atomic E-state index is 12.2. The summed E-state index contributed by atoms with van der Waals surface area (Å²) in [5, 5.41) is 16.2. The number of nitrogens with two attached hydrogens (primary N) is 1. The highest BCUT2D eigenvalue weighted by molar-refractivity contribution is 5.85. The Hall–Kier alpha value is -1.36. The molecule has 0 aromatic heterocycles. The lowest BCUT2D eigenvalue weighted by Gasteiger charge is -2.63. The summed E-state index contributed by atoms with van der Waals surface area (Å²) in [7, 11) is 0. The number of nitrogens with zero attached hydrogens (tertiary/aromatic N) is 1. The predicted octanol–water partition coefficient (Wildman–Crippen LogP) is 3.56. The van der Waals surface area contributed by atoms with Gasteiger partial charge in [-0.05, 0) is 92.4 Å². The number of rotatable bonds is 1. The van der Waals surface area contributed by atoms with Gasteiger partial charge in [-0.2, -0.15) is 5.10 Å². The van der Waals surface area contributed by atoms with Crippen LogP contribution < -0.4 is 5.84 Å². The van der Waals surface area contributed by atoms with Crippen molar-refractivity contribution in [2.45, 2.75) is 77.2 Å². The first-order valence-corrected chi connectivity index (χ1v) is 11.2. The largest absolute Gasteiger partial charge is 0.458 e. The van der Waals surface area contributed by atoms with Crippen LogP contribution in [0, 0.1) is 34.5 Å². The summed E-state index contributed by atoms with van der Waals surface area (Å²) >= 11 is 0. The van der Waals surface area contributed by atoms with Gasteiger partial charge in [-0.25, -0.2) is 4.79 Å². The number of carbonyl (C=O) groups is 1. The van der Waals surface area contributed by atoms with E-state index < -0.39 is 5.60 Å². The van der Waals surface area contributed by atoms with Crippen molar-refractivity contribution in [3.05, 3.63) is 11.6 Å². The maximum absolute atomic E-state index is 12.2. The van der Waals surface area contributed by atoms with Gasteiger partial charge in [0, 0.05) is 17.2 Å². The molecule has 5 nitrogen and oxygen atoms in total. The zero-order valence-corrected chi connectivity index (χ0v) is 17.2. The predicted molar refractivity (Wildman–Crippen MR) is 107 cm³/mol. The molecule has 0 spiro atoms. The fourth-order valence-corrected chi connectivity index (χ4v) is 8.33. The van der Waals surface area contributed by atoms with Gasteiger partial charge in [-0.3, -0.25) is 0 Å². The fraction of sp³-hybridized carbons (Fsp3) is 0.826. The lowest BCUT2D eigenvalue weighted by molar-refractivity contribution is -0.200. The summed E-state index contributed by atoms with van der Waals surface area (Å²) in [5.74, 6) is 7.27.